The molecule has 0 amide bonds. The lowest BCUT2D eigenvalue weighted by Crippen LogP contribution is -2.10. The number of nitrogens with zero attached hydrogens (tertiary/aromatic N) is 2. The van der Waals surface area contributed by atoms with Gasteiger partial charge in [0.1, 0.15) is 6.61 Å². The van der Waals surface area contributed by atoms with Crippen molar-refractivity contribution in [3.05, 3.63) is 36.0 Å². The number of hydrogen-bond acceptors (Lipinski definition) is 7. The molecule has 98 valence electrons. The van der Waals surface area contributed by atoms with Crippen LogP contribution in [-0.2, 0) is 6.61 Å². The third-order valence-electron chi connectivity index (χ3n) is 2.58. The number of ether oxygens (including phenoxy) is 3. The first-order valence-corrected chi connectivity index (χ1v) is 5.66. The number of benzene rings is 1. The van der Waals surface area contributed by atoms with Gasteiger partial charge in [0.15, 0.2) is 11.5 Å². The highest BCUT2D eigenvalue weighted by Crippen LogP contribution is 2.32. The Bertz CT molecular complexity index is 591. The molecule has 0 saturated heterocycles. The lowest BCUT2D eigenvalue weighted by atomic mass is 10.2. The van der Waals surface area contributed by atoms with Gasteiger partial charge in [-0.15, -0.1) is 0 Å². The van der Waals surface area contributed by atoms with Crippen LogP contribution < -0.4 is 25.5 Å². The number of hydrogen-bond donors (Lipinski definition) is 2. The summed E-state index contributed by atoms with van der Waals surface area (Å²) < 4.78 is 16.1. The zero-order valence-corrected chi connectivity index (χ0v) is 10.00. The minimum atomic E-state index is 0.261. The Balaban J connectivity index is 1.68. The van der Waals surface area contributed by atoms with E-state index in [0.29, 0.717) is 18.4 Å². The first-order chi connectivity index (χ1) is 9.35. The van der Waals surface area contributed by atoms with E-state index >= 15 is 0 Å². The van der Waals surface area contributed by atoms with Gasteiger partial charge < -0.3 is 14.2 Å². The standard InChI is InChI=1S/C12H12N4O3/c13-16-12-14-4-3-11(15-12)17-6-8-1-2-9-10(5-8)19-7-18-9/h1-5H,6-7,13H2,(H,14,15,16). The second-order valence-corrected chi connectivity index (χ2v) is 3.84. The summed E-state index contributed by atoms with van der Waals surface area (Å²) in [6.07, 6.45) is 1.57. The molecule has 19 heavy (non-hydrogen) atoms. The number of nitrogens with two attached hydrogens (primary N) is 1. The van der Waals surface area contributed by atoms with E-state index < -0.39 is 0 Å². The van der Waals surface area contributed by atoms with Crippen molar-refractivity contribution in [3.63, 3.8) is 0 Å². The summed E-state index contributed by atoms with van der Waals surface area (Å²) in [5.41, 5.74) is 3.32. The largest absolute Gasteiger partial charge is 0.473 e. The Kier molecular flexibility index (Phi) is 3.03. The lowest BCUT2D eigenvalue weighted by molar-refractivity contribution is 0.174. The molecule has 0 unspecified atom stereocenters. The van der Waals surface area contributed by atoms with Crippen molar-refractivity contribution in [1.82, 2.24) is 9.97 Å². The van der Waals surface area contributed by atoms with Crippen LogP contribution in [0.25, 0.3) is 0 Å². The Labute approximate surface area is 109 Å². The molecule has 7 heteroatoms. The molecule has 0 atom stereocenters. The van der Waals surface area contributed by atoms with Gasteiger partial charge in [0.05, 0.1) is 0 Å². The van der Waals surface area contributed by atoms with Gasteiger partial charge in [-0.2, -0.15) is 4.98 Å². The molecule has 1 aliphatic heterocycles. The number of rotatable bonds is 4. The van der Waals surface area contributed by atoms with Crippen LogP contribution in [0.4, 0.5) is 5.95 Å². The minimum absolute atomic E-state index is 0.261. The highest BCUT2D eigenvalue weighted by Gasteiger charge is 2.13. The fourth-order valence-electron chi connectivity index (χ4n) is 1.68. The van der Waals surface area contributed by atoms with E-state index in [0.717, 1.165) is 17.1 Å². The predicted molar refractivity (Wildman–Crippen MR) is 66.7 cm³/mol. The average molecular weight is 260 g/mol. The van der Waals surface area contributed by atoms with Crippen LogP contribution in [0.1, 0.15) is 5.56 Å². The van der Waals surface area contributed by atoms with E-state index in [1.54, 1.807) is 12.3 Å². The van der Waals surface area contributed by atoms with Crippen LogP contribution in [0.3, 0.4) is 0 Å². The number of hydrazine groups is 1. The molecule has 3 rings (SSSR count). The smallest absolute Gasteiger partial charge is 0.240 e. The van der Waals surface area contributed by atoms with Crippen molar-refractivity contribution in [2.45, 2.75) is 6.61 Å². The molecule has 0 radical (unpaired) electrons. The summed E-state index contributed by atoms with van der Waals surface area (Å²) >= 11 is 0. The molecule has 7 nitrogen and oxygen atoms in total. The number of anilines is 1. The normalized spacial score (nSPS) is 12.3. The van der Waals surface area contributed by atoms with Crippen molar-refractivity contribution in [3.8, 4) is 17.4 Å². The first-order valence-electron chi connectivity index (χ1n) is 5.66. The van der Waals surface area contributed by atoms with Gasteiger partial charge in [-0.1, -0.05) is 6.07 Å². The van der Waals surface area contributed by atoms with Gasteiger partial charge in [-0.25, -0.2) is 10.8 Å². The van der Waals surface area contributed by atoms with Gasteiger partial charge in [-0.3, -0.25) is 5.43 Å². The Morgan fingerprint density at radius 2 is 2.16 bits per heavy atom. The third-order valence-corrected chi connectivity index (χ3v) is 2.58. The summed E-state index contributed by atoms with van der Waals surface area (Å²) in [6, 6.07) is 7.31. The first kappa shape index (κ1) is 11.5. The SMILES string of the molecule is NNc1nccc(OCc2ccc3c(c2)OCO3)n1. The maximum Gasteiger partial charge on any atom is 0.240 e. The van der Waals surface area contributed by atoms with Crippen LogP contribution in [0, 0.1) is 0 Å². The highest BCUT2D eigenvalue weighted by molar-refractivity contribution is 5.44. The zero-order valence-electron chi connectivity index (χ0n) is 10.00. The monoisotopic (exact) mass is 260 g/mol. The molecular formula is C12H12N4O3. The molecule has 2 heterocycles. The molecular weight excluding hydrogens is 248 g/mol. The Morgan fingerprint density at radius 3 is 3.05 bits per heavy atom. The van der Waals surface area contributed by atoms with E-state index in [9.17, 15) is 0 Å². The van der Waals surface area contributed by atoms with E-state index in [-0.39, 0.29) is 6.79 Å². The van der Waals surface area contributed by atoms with E-state index in [1.807, 2.05) is 18.2 Å². The maximum atomic E-state index is 5.55. The van der Waals surface area contributed by atoms with Crippen LogP contribution >= 0.6 is 0 Å². The van der Waals surface area contributed by atoms with Gasteiger partial charge >= 0.3 is 0 Å². The molecule has 3 N–H and O–H groups in total. The topological polar surface area (TPSA) is 91.5 Å². The second kappa shape index (κ2) is 4.99. The molecule has 0 bridgehead atoms. The Morgan fingerprint density at radius 1 is 1.26 bits per heavy atom. The quantitative estimate of drug-likeness (QED) is 0.627. The summed E-state index contributed by atoms with van der Waals surface area (Å²) in [7, 11) is 0. The molecule has 0 aliphatic carbocycles. The lowest BCUT2D eigenvalue weighted by Gasteiger charge is -2.06. The number of nitrogen functional groups attached to an aromatic ring is 1. The van der Waals surface area contributed by atoms with Crippen LogP contribution in [0.5, 0.6) is 17.4 Å². The van der Waals surface area contributed by atoms with E-state index in [4.69, 9.17) is 20.1 Å². The molecule has 1 aromatic heterocycles. The van der Waals surface area contributed by atoms with Crippen molar-refractivity contribution in [2.24, 2.45) is 5.84 Å². The van der Waals surface area contributed by atoms with Crippen molar-refractivity contribution < 1.29 is 14.2 Å². The van der Waals surface area contributed by atoms with Crippen molar-refractivity contribution in [2.75, 3.05) is 12.2 Å². The molecule has 1 aromatic carbocycles. The molecule has 0 saturated carbocycles. The van der Waals surface area contributed by atoms with Gasteiger partial charge in [-0.05, 0) is 17.7 Å². The second-order valence-electron chi connectivity index (χ2n) is 3.84. The summed E-state index contributed by atoms with van der Waals surface area (Å²) in [5, 5.41) is 0. The summed E-state index contributed by atoms with van der Waals surface area (Å²) in [5.74, 6) is 7.46. The number of nitrogens with one attached hydrogen (secondary N) is 1. The van der Waals surface area contributed by atoms with Gasteiger partial charge in [0.25, 0.3) is 0 Å². The zero-order chi connectivity index (χ0) is 13.1. The minimum Gasteiger partial charge on any atom is -0.473 e. The molecule has 2 aromatic rings. The van der Waals surface area contributed by atoms with Crippen molar-refractivity contribution in [1.29, 1.82) is 0 Å². The average Bonchev–Trinajstić information content (AvgIpc) is 2.93. The van der Waals surface area contributed by atoms with E-state index in [2.05, 4.69) is 15.4 Å². The fraction of sp³-hybridized carbons (Fsp3) is 0.167. The van der Waals surface area contributed by atoms with Crippen LogP contribution in [0.15, 0.2) is 30.5 Å². The van der Waals surface area contributed by atoms with Crippen LogP contribution in [0.2, 0.25) is 0 Å². The fourth-order valence-corrected chi connectivity index (χ4v) is 1.68. The van der Waals surface area contributed by atoms with Crippen molar-refractivity contribution >= 4 is 5.95 Å². The summed E-state index contributed by atoms with van der Waals surface area (Å²) in [6.45, 7) is 0.634. The molecule has 0 spiro atoms. The maximum absolute atomic E-state index is 5.55. The number of fused-ring (bicyclic) bond motifs is 1. The predicted octanol–water partition coefficient (Wildman–Crippen LogP) is 1.07. The molecule has 0 fully saturated rings. The van der Waals surface area contributed by atoms with Gasteiger partial charge in [0.2, 0.25) is 18.6 Å². The summed E-state index contributed by atoms with van der Waals surface area (Å²) in [4.78, 5) is 7.95. The van der Waals surface area contributed by atoms with Crippen LogP contribution in [-0.4, -0.2) is 16.8 Å². The Hall–Kier alpha value is -2.54. The van der Waals surface area contributed by atoms with E-state index in [1.165, 1.54) is 0 Å². The molecule has 1 aliphatic rings. The van der Waals surface area contributed by atoms with Gasteiger partial charge in [0, 0.05) is 12.3 Å². The number of aromatic nitrogens is 2. The highest BCUT2D eigenvalue weighted by atomic mass is 16.7. The third kappa shape index (κ3) is 2.50.